The standard InChI is InChI=1S/C19H22N4/c1-14(2)16-10-8-15(9-11-16)13-23-19(18(12-20)21-22-23)17-6-4-3-5-7-17/h3-11,14H,12-13,20H2,1-2H3. The smallest absolute Gasteiger partial charge is 0.104 e. The van der Waals surface area contributed by atoms with E-state index in [0.717, 1.165) is 17.0 Å². The molecule has 0 amide bonds. The molecule has 0 spiro atoms. The van der Waals surface area contributed by atoms with Crippen molar-refractivity contribution in [1.82, 2.24) is 15.0 Å². The van der Waals surface area contributed by atoms with Gasteiger partial charge in [0.15, 0.2) is 0 Å². The monoisotopic (exact) mass is 306 g/mol. The Morgan fingerprint density at radius 2 is 1.70 bits per heavy atom. The topological polar surface area (TPSA) is 56.7 Å². The third kappa shape index (κ3) is 3.32. The Labute approximate surface area is 137 Å². The maximum Gasteiger partial charge on any atom is 0.104 e. The number of hydrogen-bond donors (Lipinski definition) is 1. The van der Waals surface area contributed by atoms with Crippen molar-refractivity contribution < 1.29 is 0 Å². The van der Waals surface area contributed by atoms with Crippen molar-refractivity contribution in [3.63, 3.8) is 0 Å². The lowest BCUT2D eigenvalue weighted by Gasteiger charge is -2.10. The van der Waals surface area contributed by atoms with Crippen LogP contribution < -0.4 is 5.73 Å². The molecule has 4 nitrogen and oxygen atoms in total. The van der Waals surface area contributed by atoms with Gasteiger partial charge in [0.05, 0.1) is 12.2 Å². The van der Waals surface area contributed by atoms with Gasteiger partial charge in [-0.25, -0.2) is 4.68 Å². The van der Waals surface area contributed by atoms with Crippen molar-refractivity contribution in [2.75, 3.05) is 0 Å². The van der Waals surface area contributed by atoms with Crippen LogP contribution in [0.15, 0.2) is 54.6 Å². The molecule has 0 atom stereocenters. The molecule has 0 saturated carbocycles. The summed E-state index contributed by atoms with van der Waals surface area (Å²) in [5.41, 5.74) is 11.3. The molecule has 0 aliphatic rings. The van der Waals surface area contributed by atoms with Gasteiger partial charge in [-0.3, -0.25) is 0 Å². The first-order valence-electron chi connectivity index (χ1n) is 7.95. The Kier molecular flexibility index (Phi) is 4.53. The number of nitrogens with zero attached hydrogens (tertiary/aromatic N) is 3. The van der Waals surface area contributed by atoms with Gasteiger partial charge in [-0.05, 0) is 17.0 Å². The van der Waals surface area contributed by atoms with Crippen molar-refractivity contribution in [2.24, 2.45) is 5.73 Å². The minimum absolute atomic E-state index is 0.385. The summed E-state index contributed by atoms with van der Waals surface area (Å²) in [4.78, 5) is 0. The fraction of sp³-hybridized carbons (Fsp3) is 0.263. The van der Waals surface area contributed by atoms with Gasteiger partial charge in [0.1, 0.15) is 5.69 Å². The molecular formula is C19H22N4. The highest BCUT2D eigenvalue weighted by Crippen LogP contribution is 2.23. The molecule has 4 heteroatoms. The summed E-state index contributed by atoms with van der Waals surface area (Å²) in [7, 11) is 0. The molecule has 3 aromatic rings. The number of aromatic nitrogens is 3. The highest BCUT2D eigenvalue weighted by Gasteiger charge is 2.14. The highest BCUT2D eigenvalue weighted by molar-refractivity contribution is 5.61. The third-order valence-corrected chi connectivity index (χ3v) is 4.02. The van der Waals surface area contributed by atoms with Crippen LogP contribution in [-0.2, 0) is 13.1 Å². The van der Waals surface area contributed by atoms with Gasteiger partial charge >= 0.3 is 0 Å². The molecule has 3 rings (SSSR count). The van der Waals surface area contributed by atoms with Crippen LogP contribution >= 0.6 is 0 Å². The van der Waals surface area contributed by atoms with Crippen LogP contribution in [0.1, 0.15) is 36.6 Å². The van der Waals surface area contributed by atoms with E-state index >= 15 is 0 Å². The van der Waals surface area contributed by atoms with Crippen molar-refractivity contribution in [3.8, 4) is 11.3 Å². The Balaban J connectivity index is 1.93. The minimum atomic E-state index is 0.385. The summed E-state index contributed by atoms with van der Waals surface area (Å²) in [6.07, 6.45) is 0. The van der Waals surface area contributed by atoms with E-state index in [4.69, 9.17) is 5.73 Å². The molecule has 0 unspecified atom stereocenters. The largest absolute Gasteiger partial charge is 0.325 e. The predicted octanol–water partition coefficient (Wildman–Crippen LogP) is 3.58. The Morgan fingerprint density at radius 1 is 1.00 bits per heavy atom. The lowest BCUT2D eigenvalue weighted by Crippen LogP contribution is -2.06. The second kappa shape index (κ2) is 6.75. The van der Waals surface area contributed by atoms with Gasteiger partial charge in [0, 0.05) is 12.1 Å². The fourth-order valence-electron chi connectivity index (χ4n) is 2.69. The van der Waals surface area contributed by atoms with Gasteiger partial charge in [0.25, 0.3) is 0 Å². The van der Waals surface area contributed by atoms with E-state index in [1.165, 1.54) is 11.1 Å². The fourth-order valence-corrected chi connectivity index (χ4v) is 2.69. The molecule has 1 aromatic heterocycles. The summed E-state index contributed by atoms with van der Waals surface area (Å²) >= 11 is 0. The first-order chi connectivity index (χ1) is 11.2. The SMILES string of the molecule is CC(C)c1ccc(Cn2nnc(CN)c2-c2ccccc2)cc1. The Hall–Kier alpha value is -2.46. The van der Waals surface area contributed by atoms with E-state index in [0.29, 0.717) is 19.0 Å². The number of hydrogen-bond acceptors (Lipinski definition) is 3. The summed E-state index contributed by atoms with van der Waals surface area (Å²) in [5, 5.41) is 8.54. The van der Waals surface area contributed by atoms with Gasteiger partial charge in [-0.2, -0.15) is 0 Å². The van der Waals surface area contributed by atoms with Crippen LogP contribution in [0.25, 0.3) is 11.3 Å². The van der Waals surface area contributed by atoms with E-state index in [-0.39, 0.29) is 0 Å². The molecular weight excluding hydrogens is 284 g/mol. The molecule has 0 radical (unpaired) electrons. The minimum Gasteiger partial charge on any atom is -0.325 e. The Morgan fingerprint density at radius 3 is 2.30 bits per heavy atom. The van der Waals surface area contributed by atoms with Crippen LogP contribution in [0.5, 0.6) is 0 Å². The van der Waals surface area contributed by atoms with Crippen molar-refractivity contribution in [1.29, 1.82) is 0 Å². The molecule has 0 aliphatic heterocycles. The normalized spacial score (nSPS) is 11.1. The van der Waals surface area contributed by atoms with Crippen molar-refractivity contribution in [3.05, 3.63) is 71.4 Å². The summed E-state index contributed by atoms with van der Waals surface area (Å²) < 4.78 is 1.93. The third-order valence-electron chi connectivity index (χ3n) is 4.02. The van der Waals surface area contributed by atoms with Crippen LogP contribution in [-0.4, -0.2) is 15.0 Å². The van der Waals surface area contributed by atoms with Crippen molar-refractivity contribution >= 4 is 0 Å². The lowest BCUT2D eigenvalue weighted by atomic mass is 10.0. The van der Waals surface area contributed by atoms with E-state index < -0.39 is 0 Å². The van der Waals surface area contributed by atoms with Crippen LogP contribution in [0.2, 0.25) is 0 Å². The Bertz CT molecular complexity index is 758. The molecule has 23 heavy (non-hydrogen) atoms. The molecule has 2 aromatic carbocycles. The van der Waals surface area contributed by atoms with Crippen LogP contribution in [0, 0.1) is 0 Å². The van der Waals surface area contributed by atoms with Crippen LogP contribution in [0.3, 0.4) is 0 Å². The summed E-state index contributed by atoms with van der Waals surface area (Å²) in [5.74, 6) is 0.541. The average Bonchev–Trinajstić information content (AvgIpc) is 2.99. The summed E-state index contributed by atoms with van der Waals surface area (Å²) in [6, 6.07) is 18.9. The van der Waals surface area contributed by atoms with Gasteiger partial charge in [0.2, 0.25) is 0 Å². The average molecular weight is 306 g/mol. The molecule has 0 aliphatic carbocycles. The lowest BCUT2D eigenvalue weighted by molar-refractivity contribution is 0.654. The zero-order valence-corrected chi connectivity index (χ0v) is 13.6. The first kappa shape index (κ1) is 15.4. The highest BCUT2D eigenvalue weighted by atomic mass is 15.4. The predicted molar refractivity (Wildman–Crippen MR) is 93.0 cm³/mol. The van der Waals surface area contributed by atoms with E-state index in [9.17, 15) is 0 Å². The van der Waals surface area contributed by atoms with Crippen LogP contribution in [0.4, 0.5) is 0 Å². The number of nitrogens with two attached hydrogens (primary N) is 1. The second-order valence-corrected chi connectivity index (χ2v) is 6.01. The molecule has 2 N–H and O–H groups in total. The zero-order chi connectivity index (χ0) is 16.2. The maximum absolute atomic E-state index is 5.83. The van der Waals surface area contributed by atoms with E-state index in [2.05, 4.69) is 60.6 Å². The summed E-state index contributed by atoms with van der Waals surface area (Å²) in [6.45, 7) is 5.48. The zero-order valence-electron chi connectivity index (χ0n) is 13.6. The van der Waals surface area contributed by atoms with E-state index in [1.807, 2.05) is 22.9 Å². The van der Waals surface area contributed by atoms with Gasteiger partial charge in [-0.1, -0.05) is 73.7 Å². The maximum atomic E-state index is 5.83. The second-order valence-electron chi connectivity index (χ2n) is 6.01. The number of rotatable bonds is 5. The molecule has 118 valence electrons. The van der Waals surface area contributed by atoms with Crippen molar-refractivity contribution in [2.45, 2.75) is 32.9 Å². The number of benzene rings is 2. The molecule has 1 heterocycles. The first-order valence-corrected chi connectivity index (χ1v) is 7.95. The quantitative estimate of drug-likeness (QED) is 0.784. The van der Waals surface area contributed by atoms with E-state index in [1.54, 1.807) is 0 Å². The molecule has 0 bridgehead atoms. The van der Waals surface area contributed by atoms with Gasteiger partial charge < -0.3 is 5.73 Å². The van der Waals surface area contributed by atoms with Gasteiger partial charge in [-0.15, -0.1) is 5.10 Å². The molecule has 0 fully saturated rings. The molecule has 0 saturated heterocycles.